The number of nitrogens with one attached hydrogen (secondary N) is 1. The van der Waals surface area contributed by atoms with Crippen molar-refractivity contribution in [2.24, 2.45) is 0 Å². The highest BCUT2D eigenvalue weighted by atomic mass is 32.2. The van der Waals surface area contributed by atoms with Crippen LogP contribution >= 0.6 is 0 Å². The lowest BCUT2D eigenvalue weighted by atomic mass is 10.2. The molecule has 1 N–H and O–H groups in total. The van der Waals surface area contributed by atoms with Crippen molar-refractivity contribution in [2.45, 2.75) is 31.2 Å². The average Bonchev–Trinajstić information content (AvgIpc) is 2.58. The van der Waals surface area contributed by atoms with Gasteiger partial charge in [0.1, 0.15) is 0 Å². The molecule has 1 aliphatic rings. The Morgan fingerprint density at radius 1 is 1.62 bits per heavy atom. The van der Waals surface area contributed by atoms with E-state index < -0.39 is 15.3 Å². The van der Waals surface area contributed by atoms with Crippen molar-refractivity contribution < 1.29 is 13.2 Å². The molecule has 1 saturated heterocycles. The molecular formula is C8H17NO3S. The maximum atomic E-state index is 11.6. The molecule has 1 rings (SSSR count). The minimum Gasteiger partial charge on any atom is -0.364 e. The lowest BCUT2D eigenvalue weighted by molar-refractivity contribution is 0.135. The number of hydrogen-bond acceptors (Lipinski definition) is 4. The van der Waals surface area contributed by atoms with Gasteiger partial charge in [0, 0.05) is 13.2 Å². The molecule has 0 unspecified atom stereocenters. The van der Waals surface area contributed by atoms with E-state index in [0.717, 1.165) is 19.4 Å². The predicted octanol–water partition coefficient (Wildman–Crippen LogP) is 0.146. The van der Waals surface area contributed by atoms with Gasteiger partial charge in [-0.3, -0.25) is 0 Å². The summed E-state index contributed by atoms with van der Waals surface area (Å²) in [5, 5.41) is 3.14. The second-order valence-corrected chi connectivity index (χ2v) is 5.63. The predicted molar refractivity (Wildman–Crippen MR) is 51.3 cm³/mol. The van der Waals surface area contributed by atoms with Crippen LogP contribution in [0.4, 0.5) is 0 Å². The molecule has 0 aromatic rings. The fraction of sp³-hybridized carbons (Fsp3) is 1.00. The monoisotopic (exact) mass is 207 g/mol. The van der Waals surface area contributed by atoms with Crippen molar-refractivity contribution in [1.82, 2.24) is 5.32 Å². The molecule has 2 atom stereocenters. The quantitative estimate of drug-likeness (QED) is 0.712. The van der Waals surface area contributed by atoms with E-state index in [4.69, 9.17) is 4.74 Å². The van der Waals surface area contributed by atoms with Crippen LogP contribution in [-0.2, 0) is 14.6 Å². The number of methoxy groups -OCH3 is 1. The van der Waals surface area contributed by atoms with Gasteiger partial charge in [0.05, 0.1) is 5.75 Å². The summed E-state index contributed by atoms with van der Waals surface area (Å²) < 4.78 is 28.1. The fourth-order valence-electron chi connectivity index (χ4n) is 1.67. The van der Waals surface area contributed by atoms with Gasteiger partial charge < -0.3 is 10.1 Å². The summed E-state index contributed by atoms with van der Waals surface area (Å²) in [5.41, 5.74) is -0.667. The third-order valence-corrected chi connectivity index (χ3v) is 4.45. The zero-order valence-electron chi connectivity index (χ0n) is 8.12. The van der Waals surface area contributed by atoms with Gasteiger partial charge in [-0.1, -0.05) is 6.92 Å². The van der Waals surface area contributed by atoms with Crippen molar-refractivity contribution in [3.63, 3.8) is 0 Å². The first kappa shape index (κ1) is 10.9. The molecule has 0 aromatic heterocycles. The van der Waals surface area contributed by atoms with Gasteiger partial charge in [-0.05, 0) is 19.4 Å². The molecule has 78 valence electrons. The number of rotatable bonds is 4. The van der Waals surface area contributed by atoms with Gasteiger partial charge in [-0.2, -0.15) is 0 Å². The molecule has 1 aliphatic heterocycles. The van der Waals surface area contributed by atoms with E-state index in [0.29, 0.717) is 0 Å². The Labute approximate surface area is 79.6 Å². The molecule has 5 heteroatoms. The standard InChI is InChI=1S/C8H17NO3S/c1-3-13(10,11)8(12-2)7-5-4-6-9-7/h7-9H,3-6H2,1-2H3/t7-,8+/m0/s1. The molecule has 0 aromatic carbocycles. The first-order valence-electron chi connectivity index (χ1n) is 4.59. The molecule has 0 aliphatic carbocycles. The largest absolute Gasteiger partial charge is 0.364 e. The van der Waals surface area contributed by atoms with Crippen LogP contribution in [0.2, 0.25) is 0 Å². The molecule has 1 heterocycles. The van der Waals surface area contributed by atoms with Crippen LogP contribution < -0.4 is 5.32 Å². The maximum absolute atomic E-state index is 11.6. The van der Waals surface area contributed by atoms with Gasteiger partial charge in [0.15, 0.2) is 15.3 Å². The summed E-state index contributed by atoms with van der Waals surface area (Å²) >= 11 is 0. The Bertz CT molecular complexity index is 244. The normalized spacial score (nSPS) is 26.2. The maximum Gasteiger partial charge on any atom is 0.178 e. The highest BCUT2D eigenvalue weighted by Crippen LogP contribution is 2.16. The highest BCUT2D eigenvalue weighted by molar-refractivity contribution is 7.91. The molecular weight excluding hydrogens is 190 g/mol. The van der Waals surface area contributed by atoms with E-state index >= 15 is 0 Å². The lowest BCUT2D eigenvalue weighted by Gasteiger charge is -2.21. The van der Waals surface area contributed by atoms with Crippen LogP contribution in [0.25, 0.3) is 0 Å². The molecule has 0 bridgehead atoms. The summed E-state index contributed by atoms with van der Waals surface area (Å²) in [7, 11) is -1.62. The number of ether oxygens (including phenoxy) is 1. The van der Waals surface area contributed by atoms with E-state index in [1.165, 1.54) is 7.11 Å². The summed E-state index contributed by atoms with van der Waals surface area (Å²) in [5.74, 6) is 0.143. The van der Waals surface area contributed by atoms with Crippen molar-refractivity contribution >= 4 is 9.84 Å². The Balaban J connectivity index is 2.71. The summed E-state index contributed by atoms with van der Waals surface area (Å²) in [6, 6.07) is -0.0186. The Kier molecular flexibility index (Phi) is 3.70. The molecule has 13 heavy (non-hydrogen) atoms. The van der Waals surface area contributed by atoms with Crippen LogP contribution in [0, 0.1) is 0 Å². The zero-order chi connectivity index (χ0) is 9.90. The molecule has 0 spiro atoms. The van der Waals surface area contributed by atoms with Gasteiger partial charge in [-0.15, -0.1) is 0 Å². The van der Waals surface area contributed by atoms with E-state index in [1.807, 2.05) is 0 Å². The van der Waals surface area contributed by atoms with Gasteiger partial charge in [-0.25, -0.2) is 8.42 Å². The van der Waals surface area contributed by atoms with Gasteiger partial charge in [0.2, 0.25) is 0 Å². The first-order valence-corrected chi connectivity index (χ1v) is 6.31. The summed E-state index contributed by atoms with van der Waals surface area (Å²) in [6.07, 6.45) is 1.92. The minimum atomic E-state index is -3.08. The third kappa shape index (κ3) is 2.42. The molecule has 0 saturated carbocycles. The molecule has 4 nitrogen and oxygen atoms in total. The van der Waals surface area contributed by atoms with Crippen LogP contribution in [0.5, 0.6) is 0 Å². The van der Waals surface area contributed by atoms with Gasteiger partial charge >= 0.3 is 0 Å². The molecule has 0 amide bonds. The van der Waals surface area contributed by atoms with Crippen LogP contribution in [-0.4, -0.2) is 39.3 Å². The Morgan fingerprint density at radius 2 is 2.31 bits per heavy atom. The Hall–Kier alpha value is -0.130. The number of sulfone groups is 1. The topological polar surface area (TPSA) is 55.4 Å². The van der Waals surface area contributed by atoms with Crippen LogP contribution in [0.3, 0.4) is 0 Å². The van der Waals surface area contributed by atoms with E-state index in [9.17, 15) is 8.42 Å². The summed E-state index contributed by atoms with van der Waals surface area (Å²) in [6.45, 7) is 2.54. The fourth-order valence-corrected chi connectivity index (χ4v) is 3.02. The number of hydrogen-bond donors (Lipinski definition) is 1. The van der Waals surface area contributed by atoms with Crippen LogP contribution in [0.15, 0.2) is 0 Å². The Morgan fingerprint density at radius 3 is 2.69 bits per heavy atom. The third-order valence-electron chi connectivity index (χ3n) is 2.42. The summed E-state index contributed by atoms with van der Waals surface area (Å²) in [4.78, 5) is 0. The lowest BCUT2D eigenvalue weighted by Crippen LogP contribution is -2.42. The molecule has 1 fully saturated rings. The zero-order valence-corrected chi connectivity index (χ0v) is 8.93. The second kappa shape index (κ2) is 4.39. The second-order valence-electron chi connectivity index (χ2n) is 3.26. The van der Waals surface area contributed by atoms with Crippen LogP contribution in [0.1, 0.15) is 19.8 Å². The minimum absolute atomic E-state index is 0.0186. The SMILES string of the molecule is CCS(=O)(=O)[C@@H](OC)[C@@H]1CCCN1. The van der Waals surface area contributed by atoms with Crippen molar-refractivity contribution in [3.05, 3.63) is 0 Å². The first-order chi connectivity index (χ1) is 6.11. The van der Waals surface area contributed by atoms with Crippen molar-refractivity contribution in [2.75, 3.05) is 19.4 Å². The van der Waals surface area contributed by atoms with Gasteiger partial charge in [0.25, 0.3) is 0 Å². The van der Waals surface area contributed by atoms with Crippen molar-refractivity contribution in [1.29, 1.82) is 0 Å². The average molecular weight is 207 g/mol. The smallest absolute Gasteiger partial charge is 0.178 e. The van der Waals surface area contributed by atoms with E-state index in [-0.39, 0.29) is 11.8 Å². The molecule has 0 radical (unpaired) electrons. The van der Waals surface area contributed by atoms with Crippen molar-refractivity contribution in [3.8, 4) is 0 Å². The highest BCUT2D eigenvalue weighted by Gasteiger charge is 2.33. The van der Waals surface area contributed by atoms with E-state index in [1.54, 1.807) is 6.92 Å². The van der Waals surface area contributed by atoms with E-state index in [2.05, 4.69) is 5.32 Å².